The maximum Gasteiger partial charge on any atom is 0.409 e. The fourth-order valence-corrected chi connectivity index (χ4v) is 2.46. The monoisotopic (exact) mass is 304 g/mol. The van der Waals surface area contributed by atoms with Crippen LogP contribution >= 0.6 is 0 Å². The molecule has 0 bridgehead atoms. The van der Waals surface area contributed by atoms with Crippen molar-refractivity contribution in [2.45, 2.75) is 6.92 Å². The molecule has 1 saturated heterocycles. The molecule has 0 N–H and O–H groups in total. The Labute approximate surface area is 132 Å². The first-order valence-electron chi connectivity index (χ1n) is 7.68. The molecule has 0 saturated carbocycles. The highest BCUT2D eigenvalue weighted by atomic mass is 16.6. The number of benzene rings is 1. The van der Waals surface area contributed by atoms with Gasteiger partial charge in [-0.15, -0.1) is 0 Å². The molecule has 0 unspecified atom stereocenters. The van der Waals surface area contributed by atoms with E-state index in [-0.39, 0.29) is 6.09 Å². The Hall–Kier alpha value is -2.01. The fourth-order valence-electron chi connectivity index (χ4n) is 2.46. The first kappa shape index (κ1) is 16.4. The van der Waals surface area contributed by atoms with Gasteiger partial charge in [-0.05, 0) is 13.0 Å². The molecule has 5 heteroatoms. The zero-order valence-corrected chi connectivity index (χ0v) is 13.3. The van der Waals surface area contributed by atoms with Crippen LogP contribution in [0.15, 0.2) is 30.3 Å². The molecule has 1 fully saturated rings. The number of carbonyl (C=O) groups is 1. The number of carbonyl (C=O) groups excluding carboxylic acids is 1. The van der Waals surface area contributed by atoms with Crippen LogP contribution in [-0.2, 0) is 4.74 Å². The van der Waals surface area contributed by atoms with Gasteiger partial charge in [0.15, 0.2) is 0 Å². The van der Waals surface area contributed by atoms with Crippen LogP contribution in [0.25, 0.3) is 6.08 Å². The minimum atomic E-state index is -0.202. The highest BCUT2D eigenvalue weighted by Crippen LogP contribution is 2.18. The van der Waals surface area contributed by atoms with Gasteiger partial charge >= 0.3 is 6.09 Å². The van der Waals surface area contributed by atoms with Crippen LogP contribution in [0.1, 0.15) is 12.5 Å². The summed E-state index contributed by atoms with van der Waals surface area (Å²) in [5, 5.41) is 0. The van der Waals surface area contributed by atoms with Crippen molar-refractivity contribution < 1.29 is 14.3 Å². The Balaban J connectivity index is 1.79. The molecule has 120 valence electrons. The molecule has 5 nitrogen and oxygen atoms in total. The molecule has 0 aromatic heterocycles. The Morgan fingerprint density at radius 3 is 2.64 bits per heavy atom. The van der Waals surface area contributed by atoms with Gasteiger partial charge in [0.2, 0.25) is 0 Å². The fraction of sp³-hybridized carbons (Fsp3) is 0.471. The predicted octanol–water partition coefficient (Wildman–Crippen LogP) is 2.48. The summed E-state index contributed by atoms with van der Waals surface area (Å²) in [5.74, 6) is 0.880. The number of amides is 1. The second kappa shape index (κ2) is 8.44. The molecule has 1 aliphatic heterocycles. The third kappa shape index (κ3) is 4.49. The van der Waals surface area contributed by atoms with Gasteiger partial charge in [0.25, 0.3) is 0 Å². The quantitative estimate of drug-likeness (QED) is 0.838. The summed E-state index contributed by atoms with van der Waals surface area (Å²) < 4.78 is 10.4. The van der Waals surface area contributed by atoms with Crippen LogP contribution in [0.5, 0.6) is 5.75 Å². The topological polar surface area (TPSA) is 42.0 Å². The summed E-state index contributed by atoms with van der Waals surface area (Å²) in [6.07, 6.45) is 4.01. The van der Waals surface area contributed by atoms with E-state index in [1.165, 1.54) is 0 Å². The molecule has 0 atom stereocenters. The molecule has 1 heterocycles. The number of para-hydroxylation sites is 1. The molecule has 0 radical (unpaired) electrons. The van der Waals surface area contributed by atoms with Gasteiger partial charge in [-0.1, -0.05) is 30.4 Å². The van der Waals surface area contributed by atoms with Crippen molar-refractivity contribution in [1.82, 2.24) is 9.80 Å². The van der Waals surface area contributed by atoms with Gasteiger partial charge < -0.3 is 14.4 Å². The summed E-state index contributed by atoms with van der Waals surface area (Å²) in [6.45, 7) is 6.32. The van der Waals surface area contributed by atoms with E-state index in [0.717, 1.165) is 44.0 Å². The molecule has 1 aromatic rings. The summed E-state index contributed by atoms with van der Waals surface area (Å²) in [4.78, 5) is 15.7. The van der Waals surface area contributed by atoms with Crippen molar-refractivity contribution in [3.8, 4) is 5.75 Å². The van der Waals surface area contributed by atoms with Gasteiger partial charge in [-0.3, -0.25) is 4.90 Å². The lowest BCUT2D eigenvalue weighted by Crippen LogP contribution is -2.48. The number of hydrogen-bond donors (Lipinski definition) is 0. The number of hydrogen-bond acceptors (Lipinski definition) is 4. The van der Waals surface area contributed by atoms with Crippen LogP contribution in [0.4, 0.5) is 4.79 Å². The average Bonchev–Trinajstić information content (AvgIpc) is 2.56. The summed E-state index contributed by atoms with van der Waals surface area (Å²) in [7, 11) is 1.68. The minimum Gasteiger partial charge on any atom is -0.496 e. The normalized spacial score (nSPS) is 16.0. The van der Waals surface area contributed by atoms with E-state index < -0.39 is 0 Å². The lowest BCUT2D eigenvalue weighted by Gasteiger charge is -2.33. The van der Waals surface area contributed by atoms with Crippen molar-refractivity contribution >= 4 is 12.2 Å². The second-order valence-corrected chi connectivity index (χ2v) is 5.13. The predicted molar refractivity (Wildman–Crippen MR) is 87.1 cm³/mol. The van der Waals surface area contributed by atoms with Gasteiger partial charge in [-0.2, -0.15) is 0 Å². The lowest BCUT2D eigenvalue weighted by atomic mass is 10.2. The molecule has 0 spiro atoms. The van der Waals surface area contributed by atoms with Crippen molar-refractivity contribution in [1.29, 1.82) is 0 Å². The van der Waals surface area contributed by atoms with Gasteiger partial charge in [0.05, 0.1) is 13.7 Å². The zero-order valence-electron chi connectivity index (χ0n) is 13.3. The highest BCUT2D eigenvalue weighted by molar-refractivity contribution is 5.67. The smallest absolute Gasteiger partial charge is 0.409 e. The number of ether oxygens (including phenoxy) is 2. The Morgan fingerprint density at radius 1 is 1.23 bits per heavy atom. The third-order valence-electron chi connectivity index (χ3n) is 3.70. The summed E-state index contributed by atoms with van der Waals surface area (Å²) in [6, 6.07) is 7.96. The van der Waals surface area contributed by atoms with E-state index in [4.69, 9.17) is 9.47 Å². The Kier molecular flexibility index (Phi) is 6.27. The van der Waals surface area contributed by atoms with Crippen LogP contribution in [0.3, 0.4) is 0 Å². The molecule has 0 aliphatic carbocycles. The second-order valence-electron chi connectivity index (χ2n) is 5.13. The molecule has 1 aromatic carbocycles. The minimum absolute atomic E-state index is 0.202. The third-order valence-corrected chi connectivity index (χ3v) is 3.70. The maximum atomic E-state index is 11.6. The molecule has 2 rings (SSSR count). The van der Waals surface area contributed by atoms with Crippen LogP contribution in [0.2, 0.25) is 0 Å². The van der Waals surface area contributed by atoms with Crippen LogP contribution in [-0.4, -0.2) is 62.3 Å². The summed E-state index contributed by atoms with van der Waals surface area (Å²) >= 11 is 0. The largest absolute Gasteiger partial charge is 0.496 e. The van der Waals surface area contributed by atoms with Crippen molar-refractivity contribution in [3.63, 3.8) is 0 Å². The zero-order chi connectivity index (χ0) is 15.8. The van der Waals surface area contributed by atoms with E-state index in [1.807, 2.05) is 31.2 Å². The van der Waals surface area contributed by atoms with Gasteiger partial charge in [0.1, 0.15) is 5.75 Å². The van der Waals surface area contributed by atoms with E-state index in [9.17, 15) is 4.79 Å². The molecule has 1 aliphatic rings. The number of methoxy groups -OCH3 is 1. The van der Waals surface area contributed by atoms with E-state index in [0.29, 0.717) is 6.61 Å². The van der Waals surface area contributed by atoms with Crippen molar-refractivity contribution in [2.24, 2.45) is 0 Å². The first-order valence-corrected chi connectivity index (χ1v) is 7.68. The van der Waals surface area contributed by atoms with Crippen LogP contribution in [0, 0.1) is 0 Å². The lowest BCUT2D eigenvalue weighted by molar-refractivity contribution is 0.0825. The van der Waals surface area contributed by atoms with E-state index in [2.05, 4.69) is 17.1 Å². The van der Waals surface area contributed by atoms with Gasteiger partial charge in [0, 0.05) is 38.3 Å². The SMILES string of the molecule is CCOC(=O)N1CCN(CC=Cc2ccccc2OC)CC1. The molecule has 22 heavy (non-hydrogen) atoms. The highest BCUT2D eigenvalue weighted by Gasteiger charge is 2.20. The Bertz CT molecular complexity index is 508. The molecular formula is C17H24N2O3. The average molecular weight is 304 g/mol. The van der Waals surface area contributed by atoms with E-state index in [1.54, 1.807) is 12.0 Å². The van der Waals surface area contributed by atoms with E-state index >= 15 is 0 Å². The van der Waals surface area contributed by atoms with Crippen molar-refractivity contribution in [3.05, 3.63) is 35.9 Å². The molecule has 1 amide bonds. The van der Waals surface area contributed by atoms with Crippen LogP contribution < -0.4 is 4.74 Å². The maximum absolute atomic E-state index is 11.6. The summed E-state index contributed by atoms with van der Waals surface area (Å²) in [5.41, 5.74) is 1.08. The van der Waals surface area contributed by atoms with Crippen molar-refractivity contribution in [2.75, 3.05) is 46.4 Å². The number of piperazine rings is 1. The first-order chi connectivity index (χ1) is 10.7. The van der Waals surface area contributed by atoms with Gasteiger partial charge in [-0.25, -0.2) is 4.79 Å². The Morgan fingerprint density at radius 2 is 1.95 bits per heavy atom. The standard InChI is InChI=1S/C17H24N2O3/c1-3-22-17(20)19-13-11-18(12-14-19)10-6-8-15-7-4-5-9-16(15)21-2/h4-9H,3,10-14H2,1-2H3. The molecular weight excluding hydrogens is 280 g/mol. The number of nitrogens with zero attached hydrogens (tertiary/aromatic N) is 2. The number of rotatable bonds is 5.